The van der Waals surface area contributed by atoms with Crippen LogP contribution in [0.3, 0.4) is 0 Å². The largest absolute Gasteiger partial charge is 0.309 e. The summed E-state index contributed by atoms with van der Waals surface area (Å²) in [7, 11) is 0. The van der Waals surface area contributed by atoms with Crippen LogP contribution < -0.4 is 5.32 Å². The molecule has 112 valence electrons. The number of piperazine rings is 1. The molecule has 0 spiro atoms. The molecular weight excluding hydrogens is 232 g/mol. The minimum absolute atomic E-state index is 0.313. The van der Waals surface area contributed by atoms with Crippen LogP contribution in [0.4, 0.5) is 0 Å². The molecule has 1 aliphatic heterocycles. The van der Waals surface area contributed by atoms with E-state index in [9.17, 15) is 0 Å². The molecule has 1 heterocycles. The Morgan fingerprint density at radius 3 is 2.42 bits per heavy atom. The van der Waals surface area contributed by atoms with Gasteiger partial charge in [-0.05, 0) is 45.6 Å². The highest BCUT2D eigenvalue weighted by atomic mass is 15.3. The first-order chi connectivity index (χ1) is 9.12. The Kier molecular flexibility index (Phi) is 5.70. The Hall–Kier alpha value is -0.0800. The van der Waals surface area contributed by atoms with Gasteiger partial charge in [0.05, 0.1) is 0 Å². The normalized spacial score (nSPS) is 27.6. The van der Waals surface area contributed by atoms with E-state index in [1.165, 1.54) is 71.0 Å². The highest BCUT2D eigenvalue weighted by molar-refractivity contribution is 4.98. The molecule has 1 saturated heterocycles. The molecule has 2 nitrogen and oxygen atoms in total. The first-order valence-electron chi connectivity index (χ1n) is 8.61. The molecule has 0 bridgehead atoms. The fourth-order valence-corrected chi connectivity index (χ4v) is 3.48. The van der Waals surface area contributed by atoms with Crippen LogP contribution in [-0.4, -0.2) is 36.1 Å². The number of nitrogens with zero attached hydrogens (tertiary/aromatic N) is 1. The Labute approximate surface area is 120 Å². The summed E-state index contributed by atoms with van der Waals surface area (Å²) in [5, 5.41) is 3.74. The van der Waals surface area contributed by atoms with Gasteiger partial charge in [0.2, 0.25) is 0 Å². The van der Waals surface area contributed by atoms with E-state index >= 15 is 0 Å². The Bertz CT molecular complexity index is 258. The molecule has 19 heavy (non-hydrogen) atoms. The fraction of sp³-hybridized carbons (Fsp3) is 1.00. The molecule has 0 aromatic carbocycles. The third-order valence-electron chi connectivity index (χ3n) is 4.82. The minimum Gasteiger partial charge on any atom is -0.309 e. The van der Waals surface area contributed by atoms with Gasteiger partial charge in [-0.1, -0.05) is 39.0 Å². The van der Waals surface area contributed by atoms with Gasteiger partial charge in [-0.3, -0.25) is 4.90 Å². The van der Waals surface area contributed by atoms with Crippen LogP contribution in [0.25, 0.3) is 0 Å². The molecule has 1 saturated carbocycles. The molecule has 0 aromatic rings. The monoisotopic (exact) mass is 266 g/mol. The van der Waals surface area contributed by atoms with Crippen LogP contribution in [-0.2, 0) is 0 Å². The lowest BCUT2D eigenvalue weighted by atomic mass is 9.96. The van der Waals surface area contributed by atoms with Crippen molar-refractivity contribution in [1.82, 2.24) is 10.2 Å². The van der Waals surface area contributed by atoms with Crippen molar-refractivity contribution in [1.29, 1.82) is 0 Å². The molecule has 0 amide bonds. The van der Waals surface area contributed by atoms with Crippen molar-refractivity contribution in [2.24, 2.45) is 5.92 Å². The fourth-order valence-electron chi connectivity index (χ4n) is 3.48. The first-order valence-corrected chi connectivity index (χ1v) is 8.61. The molecule has 1 atom stereocenters. The second-order valence-corrected chi connectivity index (χ2v) is 7.41. The number of hydrogen-bond donors (Lipinski definition) is 1. The van der Waals surface area contributed by atoms with Gasteiger partial charge < -0.3 is 5.32 Å². The third-order valence-corrected chi connectivity index (χ3v) is 4.82. The SMILES string of the molecule is CCCCCCCCN1CC(C)(C)NCC1C1CC1. The van der Waals surface area contributed by atoms with Gasteiger partial charge in [-0.25, -0.2) is 0 Å². The van der Waals surface area contributed by atoms with Crippen LogP contribution in [0.2, 0.25) is 0 Å². The van der Waals surface area contributed by atoms with E-state index in [2.05, 4.69) is 31.0 Å². The molecule has 2 rings (SSSR count). The van der Waals surface area contributed by atoms with Crippen molar-refractivity contribution < 1.29 is 0 Å². The lowest BCUT2D eigenvalue weighted by Crippen LogP contribution is -2.62. The van der Waals surface area contributed by atoms with Crippen molar-refractivity contribution in [3.63, 3.8) is 0 Å². The Morgan fingerprint density at radius 1 is 1.05 bits per heavy atom. The summed E-state index contributed by atoms with van der Waals surface area (Å²) >= 11 is 0. The van der Waals surface area contributed by atoms with Crippen LogP contribution >= 0.6 is 0 Å². The zero-order valence-electron chi connectivity index (χ0n) is 13.4. The van der Waals surface area contributed by atoms with E-state index in [0.29, 0.717) is 5.54 Å². The van der Waals surface area contributed by atoms with Gasteiger partial charge in [-0.15, -0.1) is 0 Å². The summed E-state index contributed by atoms with van der Waals surface area (Å²) in [5.74, 6) is 1.00. The van der Waals surface area contributed by atoms with Gasteiger partial charge >= 0.3 is 0 Å². The molecule has 1 aliphatic carbocycles. The van der Waals surface area contributed by atoms with E-state index in [0.717, 1.165) is 12.0 Å². The minimum atomic E-state index is 0.313. The van der Waals surface area contributed by atoms with Gasteiger partial charge in [-0.2, -0.15) is 0 Å². The van der Waals surface area contributed by atoms with Crippen molar-refractivity contribution in [3.8, 4) is 0 Å². The zero-order chi connectivity index (χ0) is 13.7. The van der Waals surface area contributed by atoms with Crippen LogP contribution in [0, 0.1) is 5.92 Å². The number of unbranched alkanes of at least 4 members (excludes halogenated alkanes) is 5. The van der Waals surface area contributed by atoms with Crippen molar-refractivity contribution in [3.05, 3.63) is 0 Å². The standard InChI is InChI=1S/C17H34N2/c1-4-5-6-7-8-9-12-19-14-17(2,3)18-13-16(19)15-10-11-15/h15-16,18H,4-14H2,1-3H3. The molecule has 1 N–H and O–H groups in total. The first kappa shape index (κ1) is 15.3. The number of nitrogens with one attached hydrogen (secondary N) is 1. The predicted molar refractivity (Wildman–Crippen MR) is 83.5 cm³/mol. The molecule has 2 aliphatic rings. The summed E-state index contributed by atoms with van der Waals surface area (Å²) in [5.41, 5.74) is 0.313. The average Bonchev–Trinajstić information content (AvgIpc) is 3.17. The number of hydrogen-bond acceptors (Lipinski definition) is 2. The smallest absolute Gasteiger partial charge is 0.0252 e. The van der Waals surface area contributed by atoms with Gasteiger partial charge in [0.25, 0.3) is 0 Å². The lowest BCUT2D eigenvalue weighted by Gasteiger charge is -2.45. The quantitative estimate of drug-likeness (QED) is 0.672. The van der Waals surface area contributed by atoms with Crippen LogP contribution in [0.1, 0.15) is 72.1 Å². The second-order valence-electron chi connectivity index (χ2n) is 7.41. The summed E-state index contributed by atoms with van der Waals surface area (Å²) < 4.78 is 0. The molecular formula is C17H34N2. The summed E-state index contributed by atoms with van der Waals surface area (Å²) in [6.45, 7) is 10.8. The topological polar surface area (TPSA) is 15.3 Å². The highest BCUT2D eigenvalue weighted by Crippen LogP contribution is 2.37. The van der Waals surface area contributed by atoms with E-state index in [-0.39, 0.29) is 0 Å². The highest BCUT2D eigenvalue weighted by Gasteiger charge is 2.40. The Morgan fingerprint density at radius 2 is 1.74 bits per heavy atom. The maximum atomic E-state index is 3.74. The Balaban J connectivity index is 1.68. The molecule has 0 radical (unpaired) electrons. The molecule has 2 fully saturated rings. The maximum Gasteiger partial charge on any atom is 0.0252 e. The summed E-state index contributed by atoms with van der Waals surface area (Å²) in [4.78, 5) is 2.80. The van der Waals surface area contributed by atoms with Gasteiger partial charge in [0, 0.05) is 24.7 Å². The molecule has 0 aromatic heterocycles. The summed E-state index contributed by atoms with van der Waals surface area (Å²) in [6.07, 6.45) is 11.4. The van der Waals surface area contributed by atoms with E-state index in [1.807, 2.05) is 0 Å². The average molecular weight is 266 g/mol. The van der Waals surface area contributed by atoms with Crippen LogP contribution in [0.15, 0.2) is 0 Å². The maximum absolute atomic E-state index is 3.74. The van der Waals surface area contributed by atoms with Crippen molar-refractivity contribution in [2.75, 3.05) is 19.6 Å². The number of rotatable bonds is 8. The van der Waals surface area contributed by atoms with Crippen molar-refractivity contribution in [2.45, 2.75) is 83.7 Å². The second kappa shape index (κ2) is 7.08. The van der Waals surface area contributed by atoms with Gasteiger partial charge in [0.1, 0.15) is 0 Å². The van der Waals surface area contributed by atoms with Gasteiger partial charge in [0.15, 0.2) is 0 Å². The lowest BCUT2D eigenvalue weighted by molar-refractivity contribution is 0.0810. The molecule has 1 unspecified atom stereocenters. The van der Waals surface area contributed by atoms with E-state index in [1.54, 1.807) is 0 Å². The van der Waals surface area contributed by atoms with Crippen molar-refractivity contribution >= 4 is 0 Å². The third kappa shape index (κ3) is 5.07. The van der Waals surface area contributed by atoms with E-state index in [4.69, 9.17) is 0 Å². The van der Waals surface area contributed by atoms with E-state index < -0.39 is 0 Å². The molecule has 2 heteroatoms. The predicted octanol–water partition coefficient (Wildman–Crippen LogP) is 3.81. The zero-order valence-corrected chi connectivity index (χ0v) is 13.4. The van der Waals surface area contributed by atoms with Crippen LogP contribution in [0.5, 0.6) is 0 Å². The summed E-state index contributed by atoms with van der Waals surface area (Å²) in [6, 6.07) is 0.837.